The van der Waals surface area contributed by atoms with Crippen molar-refractivity contribution in [2.24, 2.45) is 0 Å². The first-order valence-electron chi connectivity index (χ1n) is 5.18. The summed E-state index contributed by atoms with van der Waals surface area (Å²) < 4.78 is 6.54. The molecule has 0 saturated heterocycles. The number of aryl methyl sites for hydroxylation is 1. The van der Waals surface area contributed by atoms with Gasteiger partial charge in [0.15, 0.2) is 6.10 Å². The number of rotatable bonds is 4. The molecule has 0 spiro atoms. The molecule has 1 N–H and O–H groups in total. The summed E-state index contributed by atoms with van der Waals surface area (Å²) in [6, 6.07) is 5.63. The summed E-state index contributed by atoms with van der Waals surface area (Å²) in [5, 5.41) is 2.57. The number of hydrogen-bond acceptors (Lipinski definition) is 2. The van der Waals surface area contributed by atoms with Crippen LogP contribution in [0.1, 0.15) is 12.5 Å². The summed E-state index contributed by atoms with van der Waals surface area (Å²) in [6.07, 6.45) is 4.49. The van der Waals surface area contributed by atoms with Crippen molar-refractivity contribution in [3.05, 3.63) is 28.2 Å². The van der Waals surface area contributed by atoms with Crippen LogP contribution in [0.5, 0.6) is 5.75 Å². The number of nitrogens with one attached hydrogen (secondary N) is 1. The summed E-state index contributed by atoms with van der Waals surface area (Å²) >= 11 is 3.37. The topological polar surface area (TPSA) is 38.3 Å². The Morgan fingerprint density at radius 2 is 2.35 bits per heavy atom. The molecular formula is C13H14BrNO2. The van der Waals surface area contributed by atoms with Crippen LogP contribution in [0.2, 0.25) is 0 Å². The van der Waals surface area contributed by atoms with Crippen LogP contribution in [0, 0.1) is 19.3 Å². The first-order valence-corrected chi connectivity index (χ1v) is 5.98. The van der Waals surface area contributed by atoms with Crippen LogP contribution in [0.15, 0.2) is 22.7 Å². The van der Waals surface area contributed by atoms with Gasteiger partial charge in [-0.2, -0.15) is 0 Å². The van der Waals surface area contributed by atoms with Crippen molar-refractivity contribution in [1.82, 2.24) is 5.32 Å². The standard InChI is InChI=1S/C13H14BrNO2/c1-4-7-15-13(16)10(3)17-12-6-5-11(14)8-9(12)2/h1,5-6,8,10H,7H2,2-3H3,(H,15,16). The second kappa shape index (κ2) is 6.31. The van der Waals surface area contributed by atoms with Gasteiger partial charge in [-0.05, 0) is 37.6 Å². The molecule has 0 radical (unpaired) electrons. The summed E-state index contributed by atoms with van der Waals surface area (Å²) in [5.74, 6) is 2.82. The molecule has 0 aromatic heterocycles. The average Bonchev–Trinajstić information content (AvgIpc) is 2.29. The predicted octanol–water partition coefficient (Wildman–Crippen LogP) is 2.27. The van der Waals surface area contributed by atoms with Gasteiger partial charge in [-0.15, -0.1) is 6.42 Å². The van der Waals surface area contributed by atoms with Crippen LogP contribution >= 0.6 is 15.9 Å². The maximum atomic E-state index is 11.5. The van der Waals surface area contributed by atoms with Crippen LogP contribution in [-0.4, -0.2) is 18.6 Å². The Morgan fingerprint density at radius 3 is 2.94 bits per heavy atom. The molecule has 1 aromatic rings. The summed E-state index contributed by atoms with van der Waals surface area (Å²) in [6.45, 7) is 3.82. The SMILES string of the molecule is C#CCNC(=O)C(C)Oc1ccc(Br)cc1C. The van der Waals surface area contributed by atoms with Crippen LogP contribution in [0.4, 0.5) is 0 Å². The fourth-order valence-electron chi connectivity index (χ4n) is 1.27. The van der Waals surface area contributed by atoms with E-state index in [9.17, 15) is 4.79 Å². The largest absolute Gasteiger partial charge is 0.481 e. The van der Waals surface area contributed by atoms with E-state index in [1.807, 2.05) is 25.1 Å². The first-order chi connectivity index (χ1) is 8.04. The van der Waals surface area contributed by atoms with Crippen LogP contribution in [0.3, 0.4) is 0 Å². The van der Waals surface area contributed by atoms with Gasteiger partial charge in [-0.25, -0.2) is 0 Å². The monoisotopic (exact) mass is 295 g/mol. The van der Waals surface area contributed by atoms with Gasteiger partial charge in [0.2, 0.25) is 0 Å². The fourth-order valence-corrected chi connectivity index (χ4v) is 1.75. The van der Waals surface area contributed by atoms with Gasteiger partial charge in [0, 0.05) is 4.47 Å². The number of hydrogen-bond donors (Lipinski definition) is 1. The third kappa shape index (κ3) is 4.12. The van der Waals surface area contributed by atoms with Crippen LogP contribution in [0.25, 0.3) is 0 Å². The molecule has 0 heterocycles. The zero-order chi connectivity index (χ0) is 12.8. The molecule has 3 nitrogen and oxygen atoms in total. The maximum Gasteiger partial charge on any atom is 0.261 e. The zero-order valence-electron chi connectivity index (χ0n) is 9.79. The van der Waals surface area contributed by atoms with Crippen molar-refractivity contribution in [2.45, 2.75) is 20.0 Å². The Morgan fingerprint density at radius 1 is 1.65 bits per heavy atom. The minimum Gasteiger partial charge on any atom is -0.481 e. The zero-order valence-corrected chi connectivity index (χ0v) is 11.4. The van der Waals surface area contributed by atoms with Gasteiger partial charge in [0.1, 0.15) is 5.75 Å². The van der Waals surface area contributed by atoms with Crippen molar-refractivity contribution in [3.8, 4) is 18.1 Å². The highest BCUT2D eigenvalue weighted by Gasteiger charge is 2.14. The molecule has 17 heavy (non-hydrogen) atoms. The van der Waals surface area contributed by atoms with E-state index in [0.29, 0.717) is 5.75 Å². The molecule has 1 aromatic carbocycles. The van der Waals surface area contributed by atoms with E-state index in [0.717, 1.165) is 10.0 Å². The van der Waals surface area contributed by atoms with Crippen molar-refractivity contribution >= 4 is 21.8 Å². The smallest absolute Gasteiger partial charge is 0.261 e. The molecule has 0 fully saturated rings. The molecule has 0 aliphatic heterocycles. The highest BCUT2D eigenvalue weighted by Crippen LogP contribution is 2.23. The molecule has 0 aliphatic carbocycles. The van der Waals surface area contributed by atoms with E-state index in [2.05, 4.69) is 27.2 Å². The average molecular weight is 296 g/mol. The minimum absolute atomic E-state index is 0.214. The first kappa shape index (κ1) is 13.6. The van der Waals surface area contributed by atoms with Crippen LogP contribution in [-0.2, 0) is 4.79 Å². The summed E-state index contributed by atoms with van der Waals surface area (Å²) in [4.78, 5) is 11.5. The molecule has 0 saturated carbocycles. The van der Waals surface area contributed by atoms with Crippen LogP contribution < -0.4 is 10.1 Å². The fraction of sp³-hybridized carbons (Fsp3) is 0.308. The lowest BCUT2D eigenvalue weighted by atomic mass is 10.2. The van der Waals surface area contributed by atoms with E-state index in [4.69, 9.17) is 11.2 Å². The Balaban J connectivity index is 2.65. The normalized spacial score (nSPS) is 11.4. The lowest BCUT2D eigenvalue weighted by Crippen LogP contribution is -2.36. The second-order valence-electron chi connectivity index (χ2n) is 3.59. The van der Waals surface area contributed by atoms with Crippen molar-refractivity contribution in [2.75, 3.05) is 6.54 Å². The molecule has 90 valence electrons. The van der Waals surface area contributed by atoms with E-state index in [1.165, 1.54) is 0 Å². The molecule has 0 aliphatic rings. The highest BCUT2D eigenvalue weighted by molar-refractivity contribution is 9.10. The van der Waals surface area contributed by atoms with Crippen molar-refractivity contribution in [1.29, 1.82) is 0 Å². The number of halogens is 1. The molecule has 4 heteroatoms. The maximum absolute atomic E-state index is 11.5. The van der Waals surface area contributed by atoms with Crippen molar-refractivity contribution < 1.29 is 9.53 Å². The molecule has 1 rings (SSSR count). The third-order valence-corrected chi connectivity index (χ3v) is 2.67. The van der Waals surface area contributed by atoms with E-state index in [-0.39, 0.29) is 12.5 Å². The number of amides is 1. The van der Waals surface area contributed by atoms with E-state index >= 15 is 0 Å². The van der Waals surface area contributed by atoms with Gasteiger partial charge in [-0.1, -0.05) is 21.9 Å². The molecule has 1 amide bonds. The van der Waals surface area contributed by atoms with Crippen molar-refractivity contribution in [3.63, 3.8) is 0 Å². The summed E-state index contributed by atoms with van der Waals surface area (Å²) in [7, 11) is 0. The molecule has 1 unspecified atom stereocenters. The molecular weight excluding hydrogens is 282 g/mol. The Hall–Kier alpha value is -1.47. The number of terminal acetylenes is 1. The van der Waals surface area contributed by atoms with E-state index < -0.39 is 6.10 Å². The third-order valence-electron chi connectivity index (χ3n) is 2.17. The van der Waals surface area contributed by atoms with E-state index in [1.54, 1.807) is 6.92 Å². The highest BCUT2D eigenvalue weighted by atomic mass is 79.9. The number of ether oxygens (including phenoxy) is 1. The lowest BCUT2D eigenvalue weighted by Gasteiger charge is -2.15. The number of carbonyl (C=O) groups excluding carboxylic acids is 1. The Bertz CT molecular complexity index is 451. The van der Waals surface area contributed by atoms with Gasteiger partial charge in [0.05, 0.1) is 6.54 Å². The Labute approximate surface area is 110 Å². The molecule has 1 atom stereocenters. The summed E-state index contributed by atoms with van der Waals surface area (Å²) in [5.41, 5.74) is 0.968. The predicted molar refractivity (Wildman–Crippen MR) is 70.8 cm³/mol. The lowest BCUT2D eigenvalue weighted by molar-refractivity contribution is -0.127. The van der Waals surface area contributed by atoms with Gasteiger partial charge in [0.25, 0.3) is 5.91 Å². The number of carbonyl (C=O) groups is 1. The van der Waals surface area contributed by atoms with Gasteiger partial charge >= 0.3 is 0 Å². The molecule has 0 bridgehead atoms. The number of benzene rings is 1. The quantitative estimate of drug-likeness (QED) is 0.866. The Kier molecular flexibility index (Phi) is 5.05. The van der Waals surface area contributed by atoms with Gasteiger partial charge < -0.3 is 10.1 Å². The van der Waals surface area contributed by atoms with Gasteiger partial charge in [-0.3, -0.25) is 4.79 Å². The second-order valence-corrected chi connectivity index (χ2v) is 4.51. The minimum atomic E-state index is -0.566.